The zero-order chi connectivity index (χ0) is 22.9. The monoisotopic (exact) mass is 455 g/mol. The third-order valence-electron chi connectivity index (χ3n) is 5.47. The summed E-state index contributed by atoms with van der Waals surface area (Å²) in [5.41, 5.74) is 2.99. The summed E-state index contributed by atoms with van der Waals surface area (Å²) in [6.07, 6.45) is 3.16. The minimum atomic E-state index is -3.62. The highest BCUT2D eigenvalue weighted by molar-refractivity contribution is 7.89. The highest BCUT2D eigenvalue weighted by Crippen LogP contribution is 2.22. The van der Waals surface area contributed by atoms with Gasteiger partial charge >= 0.3 is 0 Å². The molecule has 1 aliphatic rings. The predicted molar refractivity (Wildman–Crippen MR) is 125 cm³/mol. The number of rotatable bonds is 6. The molecule has 3 aromatic rings. The molecular formula is C22H29N7O2S. The molecular weight excluding hydrogens is 426 g/mol. The molecule has 10 heteroatoms. The number of piperazine rings is 1. The summed E-state index contributed by atoms with van der Waals surface area (Å²) in [6, 6.07) is 10.2. The molecule has 0 amide bonds. The van der Waals surface area contributed by atoms with E-state index in [4.69, 9.17) is 0 Å². The summed E-state index contributed by atoms with van der Waals surface area (Å²) in [7, 11) is -3.62. The first-order valence-corrected chi connectivity index (χ1v) is 12.1. The minimum absolute atomic E-state index is 0.0936. The molecule has 9 nitrogen and oxygen atoms in total. The highest BCUT2D eigenvalue weighted by atomic mass is 32.2. The molecule has 2 aromatic heterocycles. The zero-order valence-electron chi connectivity index (χ0n) is 18.9. The van der Waals surface area contributed by atoms with Crippen molar-refractivity contribution in [3.63, 3.8) is 0 Å². The van der Waals surface area contributed by atoms with E-state index >= 15 is 0 Å². The van der Waals surface area contributed by atoms with Gasteiger partial charge in [-0.15, -0.1) is 0 Å². The number of nitrogens with zero attached hydrogens (tertiary/aromatic N) is 6. The molecule has 1 fully saturated rings. The maximum Gasteiger partial charge on any atom is 0.262 e. The van der Waals surface area contributed by atoms with Crippen LogP contribution in [0.3, 0.4) is 0 Å². The van der Waals surface area contributed by atoms with Crippen molar-refractivity contribution in [3.8, 4) is 0 Å². The van der Waals surface area contributed by atoms with Crippen LogP contribution in [0.4, 0.5) is 17.5 Å². The van der Waals surface area contributed by atoms with E-state index in [0.29, 0.717) is 37.9 Å². The molecule has 0 saturated carbocycles. The summed E-state index contributed by atoms with van der Waals surface area (Å²) >= 11 is 0. The fourth-order valence-electron chi connectivity index (χ4n) is 3.54. The van der Waals surface area contributed by atoms with Crippen molar-refractivity contribution in [2.45, 2.75) is 38.8 Å². The first-order valence-electron chi connectivity index (χ1n) is 10.7. The number of benzene rings is 1. The van der Waals surface area contributed by atoms with Crippen molar-refractivity contribution in [1.82, 2.24) is 23.8 Å². The fourth-order valence-corrected chi connectivity index (χ4v) is 4.88. The van der Waals surface area contributed by atoms with E-state index in [0.717, 1.165) is 11.4 Å². The maximum atomic E-state index is 13.0. The second-order valence-corrected chi connectivity index (χ2v) is 10.2. The molecule has 0 aliphatic carbocycles. The number of nitrogens with one attached hydrogen (secondary N) is 1. The normalized spacial score (nSPS) is 15.3. The van der Waals surface area contributed by atoms with Gasteiger partial charge in [-0.1, -0.05) is 17.7 Å². The Balaban J connectivity index is 1.45. The lowest BCUT2D eigenvalue weighted by Gasteiger charge is -2.33. The molecule has 0 bridgehead atoms. The quantitative estimate of drug-likeness (QED) is 0.610. The molecule has 32 heavy (non-hydrogen) atoms. The van der Waals surface area contributed by atoms with Gasteiger partial charge in [0.05, 0.1) is 6.33 Å². The summed E-state index contributed by atoms with van der Waals surface area (Å²) in [6.45, 7) is 9.68. The molecule has 1 N–H and O–H groups in total. The third kappa shape index (κ3) is 4.76. The summed E-state index contributed by atoms with van der Waals surface area (Å²) in [5.74, 6) is 1.31. The number of aromatic nitrogens is 4. The molecule has 170 valence electrons. The Hall–Kier alpha value is -2.98. The van der Waals surface area contributed by atoms with Crippen molar-refractivity contribution in [2.75, 3.05) is 36.4 Å². The number of hydrogen-bond donors (Lipinski definition) is 1. The Labute approximate surface area is 189 Å². The maximum absolute atomic E-state index is 13.0. The van der Waals surface area contributed by atoms with E-state index in [1.165, 1.54) is 9.87 Å². The number of anilines is 3. The van der Waals surface area contributed by atoms with E-state index in [-0.39, 0.29) is 11.1 Å². The molecule has 0 atom stereocenters. The highest BCUT2D eigenvalue weighted by Gasteiger charge is 2.31. The Bertz CT molecular complexity index is 1180. The van der Waals surface area contributed by atoms with Crippen molar-refractivity contribution in [1.29, 1.82) is 0 Å². The van der Waals surface area contributed by atoms with Crippen LogP contribution in [-0.2, 0) is 10.0 Å². The predicted octanol–water partition coefficient (Wildman–Crippen LogP) is 3.13. The van der Waals surface area contributed by atoms with Gasteiger partial charge in [-0.3, -0.25) is 0 Å². The molecule has 1 aromatic carbocycles. The van der Waals surface area contributed by atoms with Crippen molar-refractivity contribution in [3.05, 3.63) is 54.1 Å². The molecule has 4 rings (SSSR count). The van der Waals surface area contributed by atoms with Crippen LogP contribution >= 0.6 is 0 Å². The van der Waals surface area contributed by atoms with E-state index in [1.54, 1.807) is 17.1 Å². The van der Waals surface area contributed by atoms with Gasteiger partial charge in [0.15, 0.2) is 5.03 Å². The number of imidazole rings is 1. The molecule has 1 saturated heterocycles. The Morgan fingerprint density at radius 2 is 1.69 bits per heavy atom. The van der Waals surface area contributed by atoms with Gasteiger partial charge in [-0.25, -0.2) is 18.4 Å². The van der Waals surface area contributed by atoms with Gasteiger partial charge in [0, 0.05) is 55.9 Å². The van der Waals surface area contributed by atoms with E-state index < -0.39 is 10.0 Å². The summed E-state index contributed by atoms with van der Waals surface area (Å²) in [4.78, 5) is 15.4. The van der Waals surface area contributed by atoms with Crippen LogP contribution in [0, 0.1) is 13.8 Å². The molecule has 0 unspecified atom stereocenters. The molecule has 0 radical (unpaired) electrons. The van der Waals surface area contributed by atoms with Gasteiger partial charge in [0.2, 0.25) is 5.95 Å². The first-order chi connectivity index (χ1) is 15.2. The van der Waals surface area contributed by atoms with Gasteiger partial charge in [0.25, 0.3) is 10.0 Å². The van der Waals surface area contributed by atoms with Gasteiger partial charge in [-0.05, 0) is 39.8 Å². The van der Waals surface area contributed by atoms with Crippen molar-refractivity contribution in [2.24, 2.45) is 0 Å². The third-order valence-corrected chi connectivity index (χ3v) is 7.25. The molecule has 3 heterocycles. The van der Waals surface area contributed by atoms with Crippen LogP contribution in [0.25, 0.3) is 0 Å². The van der Waals surface area contributed by atoms with Crippen LogP contribution in [0.5, 0.6) is 0 Å². The van der Waals surface area contributed by atoms with Crippen LogP contribution in [0.15, 0.2) is 47.9 Å². The van der Waals surface area contributed by atoms with E-state index in [9.17, 15) is 8.42 Å². The second kappa shape index (κ2) is 8.87. The Kier molecular flexibility index (Phi) is 6.16. The van der Waals surface area contributed by atoms with E-state index in [2.05, 4.69) is 20.3 Å². The van der Waals surface area contributed by atoms with Crippen molar-refractivity contribution >= 4 is 27.5 Å². The van der Waals surface area contributed by atoms with Gasteiger partial charge in [-0.2, -0.15) is 9.29 Å². The average Bonchev–Trinajstić information content (AvgIpc) is 3.27. The average molecular weight is 456 g/mol. The second-order valence-electron chi connectivity index (χ2n) is 8.33. The molecule has 0 spiro atoms. The topological polar surface area (TPSA) is 96.2 Å². The lowest BCUT2D eigenvalue weighted by molar-refractivity contribution is 0.381. The molecule has 1 aliphatic heterocycles. The van der Waals surface area contributed by atoms with Crippen LogP contribution < -0.4 is 10.2 Å². The first kappa shape index (κ1) is 22.2. The Morgan fingerprint density at radius 1 is 1.00 bits per heavy atom. The number of sulfonamides is 1. The SMILES string of the molecule is Cc1ccc(Nc2cc(C)nc(N3CCN(S(=O)(=O)c4cn(C(C)C)cn4)CC3)n2)cc1. The number of aryl methyl sites for hydroxylation is 2. The summed E-state index contributed by atoms with van der Waals surface area (Å²) in [5, 5.41) is 3.42. The smallest absolute Gasteiger partial charge is 0.262 e. The van der Waals surface area contributed by atoms with Crippen LogP contribution in [-0.4, -0.2) is 58.4 Å². The van der Waals surface area contributed by atoms with Gasteiger partial charge < -0.3 is 14.8 Å². The van der Waals surface area contributed by atoms with Crippen LogP contribution in [0.2, 0.25) is 0 Å². The van der Waals surface area contributed by atoms with Gasteiger partial charge in [0.1, 0.15) is 5.82 Å². The standard InChI is InChI=1S/C22H29N7O2S/c1-16(2)28-14-21(23-15-28)32(30,31)29-11-9-27(10-12-29)22-24-18(4)13-20(26-22)25-19-7-5-17(3)6-8-19/h5-8,13-16H,9-12H2,1-4H3,(H,24,25,26). The van der Waals surface area contributed by atoms with Crippen molar-refractivity contribution < 1.29 is 8.42 Å². The Morgan fingerprint density at radius 3 is 2.31 bits per heavy atom. The van der Waals surface area contributed by atoms with Crippen LogP contribution in [0.1, 0.15) is 31.1 Å². The minimum Gasteiger partial charge on any atom is -0.340 e. The lowest BCUT2D eigenvalue weighted by atomic mass is 10.2. The number of hydrogen-bond acceptors (Lipinski definition) is 7. The lowest BCUT2D eigenvalue weighted by Crippen LogP contribution is -2.49. The fraction of sp³-hybridized carbons (Fsp3) is 0.409. The summed E-state index contributed by atoms with van der Waals surface area (Å²) < 4.78 is 29.3. The van der Waals surface area contributed by atoms with E-state index in [1.807, 2.05) is 62.9 Å². The largest absolute Gasteiger partial charge is 0.340 e. The zero-order valence-corrected chi connectivity index (χ0v) is 19.7.